The standard InChI is InChI=1S/C15H20F3NO2/c16-15(17,18)8-9-21-11-14(10-20,19-13-6-7-13)12-4-2-1-3-5-12/h1-5,13,19-20H,6-11H2. The highest BCUT2D eigenvalue weighted by atomic mass is 19.4. The van der Waals surface area contributed by atoms with Crippen LogP contribution in [0.2, 0.25) is 0 Å². The van der Waals surface area contributed by atoms with E-state index < -0.39 is 24.7 Å². The quantitative estimate of drug-likeness (QED) is 0.725. The molecule has 1 atom stereocenters. The van der Waals surface area contributed by atoms with Gasteiger partial charge in [-0.05, 0) is 18.4 Å². The van der Waals surface area contributed by atoms with Crippen molar-refractivity contribution in [2.24, 2.45) is 0 Å². The predicted molar refractivity (Wildman–Crippen MR) is 72.9 cm³/mol. The lowest BCUT2D eigenvalue weighted by molar-refractivity contribution is -0.147. The van der Waals surface area contributed by atoms with E-state index in [1.54, 1.807) is 0 Å². The van der Waals surface area contributed by atoms with Crippen LogP contribution < -0.4 is 5.32 Å². The van der Waals surface area contributed by atoms with Crippen molar-refractivity contribution in [3.05, 3.63) is 35.9 Å². The molecule has 1 unspecified atom stereocenters. The van der Waals surface area contributed by atoms with Crippen molar-refractivity contribution in [2.45, 2.75) is 37.0 Å². The van der Waals surface area contributed by atoms with Crippen molar-refractivity contribution in [2.75, 3.05) is 19.8 Å². The van der Waals surface area contributed by atoms with Crippen molar-refractivity contribution < 1.29 is 23.0 Å². The van der Waals surface area contributed by atoms with Crippen LogP contribution in [0.25, 0.3) is 0 Å². The molecule has 1 aromatic rings. The molecule has 0 bridgehead atoms. The van der Waals surface area contributed by atoms with Crippen molar-refractivity contribution in [1.82, 2.24) is 5.32 Å². The molecule has 0 aliphatic heterocycles. The Kier molecular flexibility index (Phi) is 5.24. The molecule has 1 saturated carbocycles. The summed E-state index contributed by atoms with van der Waals surface area (Å²) < 4.78 is 41.7. The van der Waals surface area contributed by atoms with E-state index in [0.717, 1.165) is 18.4 Å². The number of hydrogen-bond acceptors (Lipinski definition) is 3. The summed E-state index contributed by atoms with van der Waals surface area (Å²) in [6, 6.07) is 9.52. The van der Waals surface area contributed by atoms with E-state index in [-0.39, 0.29) is 13.2 Å². The summed E-state index contributed by atoms with van der Waals surface area (Å²) in [4.78, 5) is 0. The highest BCUT2D eigenvalue weighted by Crippen LogP contribution is 2.29. The van der Waals surface area contributed by atoms with Gasteiger partial charge in [0.05, 0.1) is 31.8 Å². The maximum atomic E-state index is 12.2. The van der Waals surface area contributed by atoms with E-state index in [1.807, 2.05) is 30.3 Å². The van der Waals surface area contributed by atoms with Gasteiger partial charge in [-0.3, -0.25) is 0 Å². The van der Waals surface area contributed by atoms with Crippen LogP contribution in [0.1, 0.15) is 24.8 Å². The van der Waals surface area contributed by atoms with Gasteiger partial charge in [-0.15, -0.1) is 0 Å². The first-order chi connectivity index (χ1) is 9.95. The van der Waals surface area contributed by atoms with Gasteiger partial charge < -0.3 is 15.2 Å². The Hall–Kier alpha value is -1.11. The minimum Gasteiger partial charge on any atom is -0.394 e. The minimum atomic E-state index is -4.22. The van der Waals surface area contributed by atoms with Crippen LogP contribution in [-0.2, 0) is 10.3 Å². The molecule has 0 heterocycles. The second-order valence-corrected chi connectivity index (χ2v) is 5.44. The van der Waals surface area contributed by atoms with Crippen molar-refractivity contribution in [3.8, 4) is 0 Å². The van der Waals surface area contributed by atoms with Gasteiger partial charge >= 0.3 is 6.18 Å². The number of aliphatic hydroxyl groups excluding tert-OH is 1. The molecule has 0 spiro atoms. The Morgan fingerprint density at radius 1 is 1.19 bits per heavy atom. The Morgan fingerprint density at radius 2 is 1.86 bits per heavy atom. The fourth-order valence-electron chi connectivity index (χ4n) is 2.20. The number of alkyl halides is 3. The number of aliphatic hydroxyl groups is 1. The van der Waals surface area contributed by atoms with Crippen LogP contribution in [0.15, 0.2) is 30.3 Å². The predicted octanol–water partition coefficient (Wildman–Crippen LogP) is 2.60. The lowest BCUT2D eigenvalue weighted by Crippen LogP contribution is -2.50. The van der Waals surface area contributed by atoms with Gasteiger partial charge in [0.15, 0.2) is 0 Å². The lowest BCUT2D eigenvalue weighted by atomic mass is 9.91. The molecular weight excluding hydrogens is 283 g/mol. The van der Waals surface area contributed by atoms with Gasteiger partial charge in [-0.25, -0.2) is 0 Å². The monoisotopic (exact) mass is 303 g/mol. The number of hydrogen-bond donors (Lipinski definition) is 2. The van der Waals surface area contributed by atoms with Crippen LogP contribution in [0.4, 0.5) is 13.2 Å². The normalized spacial score (nSPS) is 18.5. The molecule has 1 aromatic carbocycles. The molecule has 0 radical (unpaired) electrons. The van der Waals surface area contributed by atoms with Crippen molar-refractivity contribution in [3.63, 3.8) is 0 Å². The van der Waals surface area contributed by atoms with Gasteiger partial charge in [0, 0.05) is 6.04 Å². The van der Waals surface area contributed by atoms with Gasteiger partial charge in [0.25, 0.3) is 0 Å². The van der Waals surface area contributed by atoms with E-state index >= 15 is 0 Å². The first-order valence-corrected chi connectivity index (χ1v) is 7.04. The Labute approximate surface area is 122 Å². The van der Waals surface area contributed by atoms with Gasteiger partial charge in [0.1, 0.15) is 0 Å². The summed E-state index contributed by atoms with van der Waals surface area (Å²) in [6.07, 6.45) is -3.18. The molecule has 1 aliphatic carbocycles. The highest BCUT2D eigenvalue weighted by Gasteiger charge is 2.38. The molecule has 0 amide bonds. The summed E-state index contributed by atoms with van der Waals surface area (Å²) in [7, 11) is 0. The average molecular weight is 303 g/mol. The number of nitrogens with one attached hydrogen (secondary N) is 1. The van der Waals surface area contributed by atoms with Gasteiger partial charge in [0.2, 0.25) is 0 Å². The van der Waals surface area contributed by atoms with Crippen LogP contribution in [0.3, 0.4) is 0 Å². The molecular formula is C15H20F3NO2. The van der Waals surface area contributed by atoms with Crippen LogP contribution in [0, 0.1) is 0 Å². The third-order valence-electron chi connectivity index (χ3n) is 3.53. The average Bonchev–Trinajstić information content (AvgIpc) is 3.26. The summed E-state index contributed by atoms with van der Waals surface area (Å²) in [5.41, 5.74) is -0.0139. The lowest BCUT2D eigenvalue weighted by Gasteiger charge is -2.34. The van der Waals surface area contributed by atoms with Crippen LogP contribution >= 0.6 is 0 Å². The molecule has 2 rings (SSSR count). The zero-order valence-electron chi connectivity index (χ0n) is 11.7. The molecule has 1 aliphatic rings. The molecule has 3 nitrogen and oxygen atoms in total. The molecule has 118 valence electrons. The number of ether oxygens (including phenoxy) is 1. The van der Waals surface area contributed by atoms with Gasteiger partial charge in [-0.1, -0.05) is 30.3 Å². The summed E-state index contributed by atoms with van der Waals surface area (Å²) >= 11 is 0. The Balaban J connectivity index is 2.01. The third kappa shape index (κ3) is 4.98. The maximum absolute atomic E-state index is 12.2. The largest absolute Gasteiger partial charge is 0.394 e. The van der Waals surface area contributed by atoms with E-state index in [1.165, 1.54) is 0 Å². The zero-order chi connectivity index (χ0) is 15.3. The second kappa shape index (κ2) is 6.77. The number of rotatable bonds is 8. The van der Waals surface area contributed by atoms with E-state index in [4.69, 9.17) is 4.74 Å². The highest BCUT2D eigenvalue weighted by molar-refractivity contribution is 5.25. The summed E-state index contributed by atoms with van der Waals surface area (Å²) in [6.45, 7) is -0.607. The maximum Gasteiger partial charge on any atom is 0.391 e. The van der Waals surface area contributed by atoms with Gasteiger partial charge in [-0.2, -0.15) is 13.2 Å². The molecule has 2 N–H and O–H groups in total. The summed E-state index contributed by atoms with van der Waals surface area (Å²) in [5, 5.41) is 13.1. The molecule has 0 aromatic heterocycles. The third-order valence-corrected chi connectivity index (χ3v) is 3.53. The molecule has 0 saturated heterocycles. The topological polar surface area (TPSA) is 41.5 Å². The SMILES string of the molecule is OCC(COCCC(F)(F)F)(NC1CC1)c1ccccc1. The zero-order valence-corrected chi connectivity index (χ0v) is 11.7. The number of halogens is 3. The summed E-state index contributed by atoms with van der Waals surface area (Å²) in [5.74, 6) is 0. The fraction of sp³-hybridized carbons (Fsp3) is 0.600. The fourth-order valence-corrected chi connectivity index (χ4v) is 2.20. The van der Waals surface area contributed by atoms with Crippen LogP contribution in [-0.4, -0.2) is 37.1 Å². The first kappa shape index (κ1) is 16.3. The first-order valence-electron chi connectivity index (χ1n) is 7.04. The minimum absolute atomic E-state index is 0.0140. The van der Waals surface area contributed by atoms with Crippen molar-refractivity contribution in [1.29, 1.82) is 0 Å². The van der Waals surface area contributed by atoms with E-state index in [0.29, 0.717) is 6.04 Å². The second-order valence-electron chi connectivity index (χ2n) is 5.44. The van der Waals surface area contributed by atoms with Crippen molar-refractivity contribution >= 4 is 0 Å². The molecule has 1 fully saturated rings. The Morgan fingerprint density at radius 3 is 2.38 bits per heavy atom. The Bertz CT molecular complexity index is 434. The molecule has 21 heavy (non-hydrogen) atoms. The molecule has 6 heteroatoms. The van der Waals surface area contributed by atoms with Crippen LogP contribution in [0.5, 0.6) is 0 Å². The smallest absolute Gasteiger partial charge is 0.391 e. The van der Waals surface area contributed by atoms with E-state index in [9.17, 15) is 18.3 Å². The number of benzene rings is 1. The van der Waals surface area contributed by atoms with E-state index in [2.05, 4.69) is 5.32 Å².